The number of aryl methyl sites for hydroxylation is 1. The first kappa shape index (κ1) is 30.8. The van der Waals surface area contributed by atoms with Gasteiger partial charge in [0.05, 0.1) is 12.6 Å². The van der Waals surface area contributed by atoms with Crippen LogP contribution in [0.25, 0.3) is 5.57 Å². The van der Waals surface area contributed by atoms with Crippen molar-refractivity contribution in [2.45, 2.75) is 63.7 Å². The normalized spacial score (nSPS) is 19.4. The first-order chi connectivity index (χ1) is 21.7. The average molecular weight is 622 g/mol. The zero-order valence-electron chi connectivity index (χ0n) is 25.0. The molecule has 2 bridgehead atoms. The highest BCUT2D eigenvalue weighted by Gasteiger charge is 2.43. The lowest BCUT2D eigenvalue weighted by atomic mass is 9.82. The molecule has 1 N–H and O–H groups in total. The molecule has 3 aromatic rings. The van der Waals surface area contributed by atoms with E-state index in [9.17, 15) is 27.2 Å². The van der Waals surface area contributed by atoms with Gasteiger partial charge in [-0.15, -0.1) is 0 Å². The topological polar surface area (TPSA) is 61.9 Å². The summed E-state index contributed by atoms with van der Waals surface area (Å²) >= 11 is 0. The molecule has 0 spiro atoms. The number of amides is 2. The molecule has 2 heterocycles. The second-order valence-electron chi connectivity index (χ2n) is 12.0. The second-order valence-corrected chi connectivity index (χ2v) is 12.0. The lowest BCUT2D eigenvalue weighted by Gasteiger charge is -2.44. The molecule has 1 aliphatic carbocycles. The predicted molar refractivity (Wildman–Crippen MR) is 161 cm³/mol. The van der Waals surface area contributed by atoms with Gasteiger partial charge in [-0.05, 0) is 78.6 Å². The maximum atomic E-state index is 14.4. The monoisotopic (exact) mass is 621 g/mol. The Morgan fingerprint density at radius 1 is 0.911 bits per heavy atom. The molecule has 2 atom stereocenters. The molecule has 2 unspecified atom stereocenters. The summed E-state index contributed by atoms with van der Waals surface area (Å²) in [6.07, 6.45) is 3.42. The Morgan fingerprint density at radius 3 is 2.29 bits per heavy atom. The van der Waals surface area contributed by atoms with E-state index in [1.807, 2.05) is 29.2 Å². The van der Waals surface area contributed by atoms with E-state index in [1.54, 1.807) is 24.0 Å². The van der Waals surface area contributed by atoms with Crippen LogP contribution in [0, 0.1) is 23.3 Å². The maximum absolute atomic E-state index is 14.4. The van der Waals surface area contributed by atoms with Crippen LogP contribution >= 0.6 is 0 Å². The van der Waals surface area contributed by atoms with E-state index >= 15 is 0 Å². The Bertz CT molecular complexity index is 1610. The van der Waals surface area contributed by atoms with Crippen molar-refractivity contribution in [2.24, 2.45) is 0 Å². The van der Waals surface area contributed by atoms with Crippen LogP contribution in [0.15, 0.2) is 66.2 Å². The molecule has 45 heavy (non-hydrogen) atoms. The Labute approximate surface area is 259 Å². The minimum Gasteiger partial charge on any atom is -0.488 e. The summed E-state index contributed by atoms with van der Waals surface area (Å²) in [4.78, 5) is 30.4. The molecule has 2 amide bonds. The number of carbonyl (C=O) groups is 2. The largest absolute Gasteiger partial charge is 0.488 e. The molecule has 6 nitrogen and oxygen atoms in total. The zero-order valence-corrected chi connectivity index (χ0v) is 25.0. The van der Waals surface area contributed by atoms with Crippen molar-refractivity contribution in [2.75, 3.05) is 19.7 Å². The molecule has 3 aromatic carbocycles. The number of hydrogen-bond acceptors (Lipinski definition) is 4. The van der Waals surface area contributed by atoms with E-state index in [4.69, 9.17) is 4.74 Å². The van der Waals surface area contributed by atoms with Crippen molar-refractivity contribution in [3.8, 4) is 5.75 Å². The minimum atomic E-state index is -1.34. The van der Waals surface area contributed by atoms with Gasteiger partial charge in [-0.1, -0.05) is 36.4 Å². The van der Waals surface area contributed by atoms with Crippen molar-refractivity contribution in [3.05, 3.63) is 106 Å². The van der Waals surface area contributed by atoms with E-state index in [-0.39, 0.29) is 42.4 Å². The minimum absolute atomic E-state index is 0.00566. The molecule has 3 aliphatic rings. The molecule has 1 saturated carbocycles. The summed E-state index contributed by atoms with van der Waals surface area (Å²) in [5, 5.41) is 3.58. The highest BCUT2D eigenvalue weighted by Crippen LogP contribution is 2.37. The molecular weight excluding hydrogens is 586 g/mol. The SMILES string of the molecule is CC(=O)N1CC2CC(c3ccc(CCCOc4c(F)ccc(F)c4F)cc3)=C(C(=O)N(Cc3ccc(F)cc3)C3CC3)C(C1)N2. The number of benzene rings is 3. The Balaban J connectivity index is 1.22. The van der Waals surface area contributed by atoms with Crippen LogP contribution in [0.2, 0.25) is 0 Å². The number of fused-ring (bicyclic) bond motifs is 2. The fraction of sp³-hybridized carbons (Fsp3) is 0.371. The number of rotatable bonds is 10. The highest BCUT2D eigenvalue weighted by atomic mass is 19.2. The van der Waals surface area contributed by atoms with Gasteiger partial charge in [-0.2, -0.15) is 4.39 Å². The van der Waals surface area contributed by atoms with Gasteiger partial charge in [0.15, 0.2) is 17.4 Å². The lowest BCUT2D eigenvalue weighted by molar-refractivity contribution is -0.132. The van der Waals surface area contributed by atoms with Crippen LogP contribution in [-0.4, -0.2) is 59.4 Å². The average Bonchev–Trinajstić information content (AvgIpc) is 3.87. The molecule has 0 aromatic heterocycles. The van der Waals surface area contributed by atoms with Crippen LogP contribution < -0.4 is 10.1 Å². The van der Waals surface area contributed by atoms with Gasteiger partial charge in [0.1, 0.15) is 5.82 Å². The van der Waals surface area contributed by atoms with Crippen molar-refractivity contribution in [1.29, 1.82) is 0 Å². The quantitative estimate of drug-likeness (QED) is 0.177. The van der Waals surface area contributed by atoms with E-state index in [0.717, 1.165) is 47.2 Å². The van der Waals surface area contributed by atoms with Crippen LogP contribution in [0.5, 0.6) is 5.75 Å². The molecule has 236 valence electrons. The lowest BCUT2D eigenvalue weighted by Crippen LogP contribution is -2.61. The van der Waals surface area contributed by atoms with E-state index in [0.29, 0.717) is 44.5 Å². The van der Waals surface area contributed by atoms with Gasteiger partial charge in [0.2, 0.25) is 11.7 Å². The van der Waals surface area contributed by atoms with Gasteiger partial charge in [-0.25, -0.2) is 13.2 Å². The Kier molecular flexibility index (Phi) is 8.94. The molecule has 2 aliphatic heterocycles. The number of halogens is 4. The third kappa shape index (κ3) is 6.91. The van der Waals surface area contributed by atoms with Gasteiger partial charge in [0.25, 0.3) is 5.91 Å². The standard InChI is InChI=1S/C35H35F4N3O3/c1-21(43)41-19-26-17-28(24-8-4-22(5-9-24)3-2-16-45-34-30(38)15-14-29(37)33(34)39)32(31(20-41)40-26)35(44)42(27-12-13-27)18-23-6-10-25(36)11-7-23/h4-11,14-15,26-27,31,40H,2-3,12-13,16-20H2,1H3. The van der Waals surface area contributed by atoms with Gasteiger partial charge >= 0.3 is 0 Å². The van der Waals surface area contributed by atoms with Crippen LogP contribution in [0.4, 0.5) is 17.6 Å². The number of carbonyl (C=O) groups excluding carboxylic acids is 2. The molecule has 6 rings (SSSR count). The first-order valence-corrected chi connectivity index (χ1v) is 15.3. The van der Waals surface area contributed by atoms with Gasteiger partial charge in [-0.3, -0.25) is 9.59 Å². The third-order valence-corrected chi connectivity index (χ3v) is 8.76. The Morgan fingerprint density at radius 2 is 1.60 bits per heavy atom. The number of ether oxygens (including phenoxy) is 1. The van der Waals surface area contributed by atoms with Crippen molar-refractivity contribution < 1.29 is 31.9 Å². The maximum Gasteiger partial charge on any atom is 0.252 e. The van der Waals surface area contributed by atoms with Crippen molar-refractivity contribution in [3.63, 3.8) is 0 Å². The van der Waals surface area contributed by atoms with Crippen LogP contribution in [-0.2, 0) is 22.6 Å². The van der Waals surface area contributed by atoms with E-state index < -0.39 is 23.2 Å². The third-order valence-electron chi connectivity index (χ3n) is 8.76. The summed E-state index contributed by atoms with van der Waals surface area (Å²) in [6.45, 7) is 2.89. The molecular formula is C35H35F4N3O3. The fourth-order valence-electron chi connectivity index (χ4n) is 6.28. The second kappa shape index (κ2) is 13.0. The first-order valence-electron chi connectivity index (χ1n) is 15.3. The zero-order chi connectivity index (χ0) is 31.7. The summed E-state index contributed by atoms with van der Waals surface area (Å²) in [5.41, 5.74) is 4.36. The predicted octanol–water partition coefficient (Wildman–Crippen LogP) is 5.79. The fourth-order valence-corrected chi connectivity index (χ4v) is 6.28. The molecule has 10 heteroatoms. The number of piperazine rings is 1. The van der Waals surface area contributed by atoms with Gasteiger partial charge < -0.3 is 19.9 Å². The number of nitrogens with zero attached hydrogens (tertiary/aromatic N) is 2. The summed E-state index contributed by atoms with van der Waals surface area (Å²) in [6, 6.07) is 15.5. The van der Waals surface area contributed by atoms with Crippen LogP contribution in [0.1, 0.15) is 49.3 Å². The smallest absolute Gasteiger partial charge is 0.252 e. The van der Waals surface area contributed by atoms with Crippen molar-refractivity contribution in [1.82, 2.24) is 15.1 Å². The Hall–Kier alpha value is -4.18. The van der Waals surface area contributed by atoms with E-state index in [1.165, 1.54) is 12.1 Å². The molecule has 0 radical (unpaired) electrons. The number of nitrogens with one attached hydrogen (secondary N) is 1. The van der Waals surface area contributed by atoms with Crippen molar-refractivity contribution >= 4 is 17.4 Å². The van der Waals surface area contributed by atoms with Gasteiger partial charge in [0, 0.05) is 44.2 Å². The van der Waals surface area contributed by atoms with E-state index in [2.05, 4.69) is 5.32 Å². The summed E-state index contributed by atoms with van der Waals surface area (Å²) in [5.74, 6) is -4.59. The summed E-state index contributed by atoms with van der Waals surface area (Å²) in [7, 11) is 0. The molecule has 1 saturated heterocycles. The highest BCUT2D eigenvalue weighted by molar-refractivity contribution is 6.03. The molecule has 2 fully saturated rings. The van der Waals surface area contributed by atoms with Crippen LogP contribution in [0.3, 0.4) is 0 Å². The summed E-state index contributed by atoms with van der Waals surface area (Å²) < 4.78 is 60.0. The number of hydrogen-bond donors (Lipinski definition) is 1.